The van der Waals surface area contributed by atoms with Crippen LogP contribution in [-0.4, -0.2) is 5.78 Å². The van der Waals surface area contributed by atoms with E-state index in [9.17, 15) is 9.18 Å². The summed E-state index contributed by atoms with van der Waals surface area (Å²) in [5.41, 5.74) is 1.20. The molecule has 2 aromatic rings. The van der Waals surface area contributed by atoms with E-state index in [0.29, 0.717) is 5.56 Å². The number of carbonyl (C=O) groups excluding carboxylic acids is 1. The number of hydrogen-bond donors (Lipinski definition) is 0. The molecule has 18 heavy (non-hydrogen) atoms. The Labute approximate surface area is 118 Å². The van der Waals surface area contributed by atoms with E-state index in [-0.39, 0.29) is 17.2 Å². The van der Waals surface area contributed by atoms with Crippen LogP contribution in [0.15, 0.2) is 46.9 Å². The molecule has 0 aromatic heterocycles. The van der Waals surface area contributed by atoms with Crippen LogP contribution in [0.1, 0.15) is 15.9 Å². The summed E-state index contributed by atoms with van der Waals surface area (Å²) in [6.07, 6.45) is 0.225. The van der Waals surface area contributed by atoms with Crippen molar-refractivity contribution >= 4 is 33.3 Å². The van der Waals surface area contributed by atoms with E-state index < -0.39 is 5.82 Å². The quantitative estimate of drug-likeness (QED) is 0.749. The van der Waals surface area contributed by atoms with E-state index in [1.54, 1.807) is 0 Å². The topological polar surface area (TPSA) is 17.1 Å². The van der Waals surface area contributed by atoms with Crippen LogP contribution in [0.25, 0.3) is 0 Å². The zero-order valence-corrected chi connectivity index (χ0v) is 11.6. The first-order valence-corrected chi connectivity index (χ1v) is 6.46. The number of halogens is 3. The maximum absolute atomic E-state index is 13.3. The van der Waals surface area contributed by atoms with Gasteiger partial charge in [0.15, 0.2) is 5.78 Å². The largest absolute Gasteiger partial charge is 0.294 e. The van der Waals surface area contributed by atoms with Crippen molar-refractivity contribution in [3.8, 4) is 0 Å². The Balaban J connectivity index is 2.22. The summed E-state index contributed by atoms with van der Waals surface area (Å²) in [5.74, 6) is -0.716. The van der Waals surface area contributed by atoms with Crippen molar-refractivity contribution < 1.29 is 9.18 Å². The molecular weight excluding hydrogens is 319 g/mol. The standard InChI is InChI=1S/C14H9BrClFO/c15-11-4-2-1-3-9(11)8-14(18)10-5-6-12(16)13(17)7-10/h1-7H,8H2. The van der Waals surface area contributed by atoms with Gasteiger partial charge >= 0.3 is 0 Å². The van der Waals surface area contributed by atoms with Gasteiger partial charge in [-0.25, -0.2) is 4.39 Å². The highest BCUT2D eigenvalue weighted by atomic mass is 79.9. The third-order valence-electron chi connectivity index (χ3n) is 2.55. The van der Waals surface area contributed by atoms with Gasteiger partial charge in [0.25, 0.3) is 0 Å². The fourth-order valence-corrected chi connectivity index (χ4v) is 2.13. The highest BCUT2D eigenvalue weighted by Crippen LogP contribution is 2.20. The molecule has 2 aromatic carbocycles. The molecule has 0 saturated carbocycles. The lowest BCUT2D eigenvalue weighted by Gasteiger charge is -2.04. The molecule has 92 valence electrons. The summed E-state index contributed by atoms with van der Waals surface area (Å²) in [4.78, 5) is 12.0. The Morgan fingerprint density at radius 2 is 1.94 bits per heavy atom. The minimum atomic E-state index is -0.574. The first kappa shape index (κ1) is 13.2. The smallest absolute Gasteiger partial charge is 0.167 e. The maximum atomic E-state index is 13.3. The fourth-order valence-electron chi connectivity index (χ4n) is 1.59. The van der Waals surface area contributed by atoms with Crippen LogP contribution in [0.2, 0.25) is 5.02 Å². The third-order valence-corrected chi connectivity index (χ3v) is 3.63. The van der Waals surface area contributed by atoms with Gasteiger partial charge < -0.3 is 0 Å². The summed E-state index contributed by atoms with van der Waals surface area (Å²) in [6.45, 7) is 0. The van der Waals surface area contributed by atoms with Gasteiger partial charge in [0.05, 0.1) is 5.02 Å². The van der Waals surface area contributed by atoms with Crippen LogP contribution < -0.4 is 0 Å². The van der Waals surface area contributed by atoms with Gasteiger partial charge in [-0.2, -0.15) is 0 Å². The van der Waals surface area contributed by atoms with Gasteiger partial charge in [-0.05, 0) is 29.8 Å². The van der Waals surface area contributed by atoms with E-state index in [0.717, 1.165) is 10.0 Å². The minimum absolute atomic E-state index is 0.0208. The van der Waals surface area contributed by atoms with Crippen molar-refractivity contribution in [2.75, 3.05) is 0 Å². The normalized spacial score (nSPS) is 10.4. The van der Waals surface area contributed by atoms with Crippen LogP contribution >= 0.6 is 27.5 Å². The van der Waals surface area contributed by atoms with E-state index in [1.807, 2.05) is 24.3 Å². The molecule has 0 fully saturated rings. The van der Waals surface area contributed by atoms with Crippen molar-refractivity contribution in [1.29, 1.82) is 0 Å². The Morgan fingerprint density at radius 3 is 2.61 bits per heavy atom. The van der Waals surface area contributed by atoms with Crippen LogP contribution in [0.3, 0.4) is 0 Å². The number of benzene rings is 2. The summed E-state index contributed by atoms with van der Waals surface area (Å²) >= 11 is 8.95. The highest BCUT2D eigenvalue weighted by Gasteiger charge is 2.11. The van der Waals surface area contributed by atoms with Crippen molar-refractivity contribution in [3.05, 3.63) is 68.9 Å². The molecule has 0 spiro atoms. The number of rotatable bonds is 3. The predicted octanol–water partition coefficient (Wildman–Crippen LogP) is 4.67. The zero-order valence-electron chi connectivity index (χ0n) is 9.29. The number of hydrogen-bond acceptors (Lipinski definition) is 1. The lowest BCUT2D eigenvalue weighted by atomic mass is 10.0. The van der Waals surface area contributed by atoms with Gasteiger partial charge in [-0.15, -0.1) is 0 Å². The Kier molecular flexibility index (Phi) is 4.15. The Bertz CT molecular complexity index is 598. The van der Waals surface area contributed by atoms with Gasteiger partial charge in [0.2, 0.25) is 0 Å². The number of Topliss-reactive ketones (excluding diaryl/α,β-unsaturated/α-hetero) is 1. The number of ketones is 1. The molecule has 0 heterocycles. The van der Waals surface area contributed by atoms with E-state index in [1.165, 1.54) is 18.2 Å². The average molecular weight is 328 g/mol. The molecule has 0 unspecified atom stereocenters. The molecule has 0 radical (unpaired) electrons. The molecule has 2 rings (SSSR count). The minimum Gasteiger partial charge on any atom is -0.294 e. The second-order valence-corrected chi connectivity index (χ2v) is 5.08. The molecule has 0 bridgehead atoms. The molecule has 0 saturated heterocycles. The lowest BCUT2D eigenvalue weighted by Crippen LogP contribution is -2.04. The molecule has 0 aliphatic heterocycles. The van der Waals surface area contributed by atoms with Crippen molar-refractivity contribution in [2.45, 2.75) is 6.42 Å². The molecule has 1 nitrogen and oxygen atoms in total. The van der Waals surface area contributed by atoms with Crippen LogP contribution in [0.4, 0.5) is 4.39 Å². The average Bonchev–Trinajstić information content (AvgIpc) is 2.35. The highest BCUT2D eigenvalue weighted by molar-refractivity contribution is 9.10. The summed E-state index contributed by atoms with van der Waals surface area (Å²) in [6, 6.07) is 11.5. The van der Waals surface area contributed by atoms with E-state index in [2.05, 4.69) is 15.9 Å². The van der Waals surface area contributed by atoms with E-state index in [4.69, 9.17) is 11.6 Å². The second kappa shape index (κ2) is 5.63. The summed E-state index contributed by atoms with van der Waals surface area (Å²) in [5, 5.41) is 0.0208. The van der Waals surface area contributed by atoms with Gasteiger partial charge in [0.1, 0.15) is 5.82 Å². The summed E-state index contributed by atoms with van der Waals surface area (Å²) < 4.78 is 14.1. The number of carbonyl (C=O) groups is 1. The second-order valence-electron chi connectivity index (χ2n) is 3.82. The fraction of sp³-hybridized carbons (Fsp3) is 0.0714. The summed E-state index contributed by atoms with van der Waals surface area (Å²) in [7, 11) is 0. The van der Waals surface area contributed by atoms with Crippen molar-refractivity contribution in [3.63, 3.8) is 0 Å². The molecule has 0 atom stereocenters. The molecule has 0 aliphatic rings. The van der Waals surface area contributed by atoms with Gasteiger partial charge in [-0.1, -0.05) is 45.7 Å². The first-order chi connectivity index (χ1) is 8.58. The Morgan fingerprint density at radius 1 is 1.22 bits per heavy atom. The molecule has 0 aliphatic carbocycles. The lowest BCUT2D eigenvalue weighted by molar-refractivity contribution is 0.0992. The predicted molar refractivity (Wildman–Crippen MR) is 73.6 cm³/mol. The third kappa shape index (κ3) is 2.98. The maximum Gasteiger partial charge on any atom is 0.167 e. The van der Waals surface area contributed by atoms with Crippen molar-refractivity contribution in [2.24, 2.45) is 0 Å². The molecule has 0 N–H and O–H groups in total. The van der Waals surface area contributed by atoms with Gasteiger partial charge in [0, 0.05) is 16.5 Å². The van der Waals surface area contributed by atoms with Gasteiger partial charge in [-0.3, -0.25) is 4.79 Å². The monoisotopic (exact) mass is 326 g/mol. The van der Waals surface area contributed by atoms with E-state index >= 15 is 0 Å². The van der Waals surface area contributed by atoms with Crippen LogP contribution in [0.5, 0.6) is 0 Å². The zero-order chi connectivity index (χ0) is 13.1. The first-order valence-electron chi connectivity index (χ1n) is 5.29. The van der Waals surface area contributed by atoms with Crippen molar-refractivity contribution in [1.82, 2.24) is 0 Å². The molecular formula is C14H9BrClFO. The van der Waals surface area contributed by atoms with Crippen LogP contribution in [0, 0.1) is 5.82 Å². The SMILES string of the molecule is O=C(Cc1ccccc1Br)c1ccc(Cl)c(F)c1. The Hall–Kier alpha value is -1.19. The van der Waals surface area contributed by atoms with Crippen LogP contribution in [-0.2, 0) is 6.42 Å². The molecule has 0 amide bonds. The molecule has 4 heteroatoms.